The molecule has 1 fully saturated rings. The van der Waals surface area contributed by atoms with E-state index in [9.17, 15) is 0 Å². The number of anilines is 1. The highest BCUT2D eigenvalue weighted by Crippen LogP contribution is 2.26. The van der Waals surface area contributed by atoms with Crippen LogP contribution in [0.2, 0.25) is 0 Å². The number of pyridine rings is 1. The molecule has 0 aromatic carbocycles. The van der Waals surface area contributed by atoms with Crippen molar-refractivity contribution in [1.82, 2.24) is 4.98 Å². The Morgan fingerprint density at radius 1 is 1.38 bits per heavy atom. The molecule has 1 saturated heterocycles. The van der Waals surface area contributed by atoms with Crippen molar-refractivity contribution in [3.8, 4) is 6.07 Å². The minimum Gasteiger partial charge on any atom is -0.367 e. The maximum atomic E-state index is 8.71. The van der Waals surface area contributed by atoms with E-state index in [0.29, 0.717) is 11.7 Å². The van der Waals surface area contributed by atoms with Gasteiger partial charge in [-0.2, -0.15) is 5.26 Å². The molecule has 3 heteroatoms. The molecule has 0 bridgehead atoms. The van der Waals surface area contributed by atoms with Crippen molar-refractivity contribution in [1.29, 1.82) is 5.26 Å². The van der Waals surface area contributed by atoms with Gasteiger partial charge < -0.3 is 4.90 Å². The molecular formula is C13H17N3. The molecule has 1 aromatic heterocycles. The summed E-state index contributed by atoms with van der Waals surface area (Å²) < 4.78 is 0. The van der Waals surface area contributed by atoms with Gasteiger partial charge in [0.15, 0.2) is 0 Å². The van der Waals surface area contributed by atoms with Crippen LogP contribution in [0.25, 0.3) is 0 Å². The van der Waals surface area contributed by atoms with E-state index >= 15 is 0 Å². The third kappa shape index (κ3) is 2.16. The topological polar surface area (TPSA) is 39.9 Å². The normalized spacial score (nSPS) is 25.2. The molecule has 2 rings (SSSR count). The van der Waals surface area contributed by atoms with Gasteiger partial charge in [0.2, 0.25) is 0 Å². The van der Waals surface area contributed by atoms with Gasteiger partial charge in [-0.1, -0.05) is 6.92 Å². The van der Waals surface area contributed by atoms with Crippen LogP contribution in [0.3, 0.4) is 0 Å². The van der Waals surface area contributed by atoms with Crippen molar-refractivity contribution in [3.05, 3.63) is 24.0 Å². The van der Waals surface area contributed by atoms with Crippen LogP contribution in [0.5, 0.6) is 0 Å². The molecule has 0 amide bonds. The molecule has 2 unspecified atom stereocenters. The highest BCUT2D eigenvalue weighted by Gasteiger charge is 2.23. The lowest BCUT2D eigenvalue weighted by atomic mass is 9.95. The van der Waals surface area contributed by atoms with Gasteiger partial charge in [-0.3, -0.25) is 0 Å². The molecule has 0 radical (unpaired) electrons. The molecule has 0 saturated carbocycles. The Kier molecular flexibility index (Phi) is 3.09. The molecule has 84 valence electrons. The van der Waals surface area contributed by atoms with Gasteiger partial charge in [-0.25, -0.2) is 4.98 Å². The average Bonchev–Trinajstić information content (AvgIpc) is 2.32. The fourth-order valence-corrected chi connectivity index (χ4v) is 2.27. The standard InChI is InChI=1S/C13H17N3/c1-10-3-4-11(2)16(9-10)13-6-5-12(7-14)15-8-13/h5-6,8,10-11H,3-4,9H2,1-2H3. The van der Waals surface area contributed by atoms with Crippen molar-refractivity contribution in [3.63, 3.8) is 0 Å². The van der Waals surface area contributed by atoms with Gasteiger partial charge in [-0.15, -0.1) is 0 Å². The van der Waals surface area contributed by atoms with Gasteiger partial charge in [0, 0.05) is 12.6 Å². The molecule has 2 atom stereocenters. The summed E-state index contributed by atoms with van der Waals surface area (Å²) in [5, 5.41) is 8.71. The summed E-state index contributed by atoms with van der Waals surface area (Å²) in [5.41, 5.74) is 1.62. The highest BCUT2D eigenvalue weighted by atomic mass is 15.2. The van der Waals surface area contributed by atoms with Gasteiger partial charge in [0.25, 0.3) is 0 Å². The summed E-state index contributed by atoms with van der Waals surface area (Å²) in [6, 6.07) is 6.42. The maximum absolute atomic E-state index is 8.71. The van der Waals surface area contributed by atoms with E-state index in [2.05, 4.69) is 23.7 Å². The summed E-state index contributed by atoms with van der Waals surface area (Å²) in [4.78, 5) is 6.52. The summed E-state index contributed by atoms with van der Waals surface area (Å²) in [6.07, 6.45) is 4.36. The van der Waals surface area contributed by atoms with Crippen molar-refractivity contribution in [2.45, 2.75) is 32.7 Å². The summed E-state index contributed by atoms with van der Waals surface area (Å²) in [5.74, 6) is 0.742. The Balaban J connectivity index is 2.18. The second kappa shape index (κ2) is 4.52. The first-order valence-electron chi connectivity index (χ1n) is 5.83. The largest absolute Gasteiger partial charge is 0.367 e. The van der Waals surface area contributed by atoms with E-state index in [1.807, 2.05) is 18.3 Å². The molecular weight excluding hydrogens is 198 g/mol. The molecule has 0 spiro atoms. The Morgan fingerprint density at radius 3 is 2.81 bits per heavy atom. The molecule has 0 aliphatic carbocycles. The van der Waals surface area contributed by atoms with E-state index < -0.39 is 0 Å². The van der Waals surface area contributed by atoms with Crippen molar-refractivity contribution in [2.24, 2.45) is 5.92 Å². The third-order valence-electron chi connectivity index (χ3n) is 3.31. The lowest BCUT2D eigenvalue weighted by Crippen LogP contribution is -2.41. The highest BCUT2D eigenvalue weighted by molar-refractivity contribution is 5.47. The van der Waals surface area contributed by atoms with Gasteiger partial charge in [0.1, 0.15) is 11.8 Å². The zero-order chi connectivity index (χ0) is 11.5. The predicted molar refractivity (Wildman–Crippen MR) is 64.2 cm³/mol. The molecule has 2 heterocycles. The zero-order valence-corrected chi connectivity index (χ0v) is 9.85. The Labute approximate surface area is 96.7 Å². The van der Waals surface area contributed by atoms with Crippen molar-refractivity contribution in [2.75, 3.05) is 11.4 Å². The molecule has 1 aromatic rings. The molecule has 1 aliphatic heterocycles. The van der Waals surface area contributed by atoms with E-state index in [1.54, 1.807) is 6.07 Å². The first-order valence-corrected chi connectivity index (χ1v) is 5.83. The van der Waals surface area contributed by atoms with E-state index in [-0.39, 0.29) is 0 Å². The van der Waals surface area contributed by atoms with Crippen LogP contribution in [-0.2, 0) is 0 Å². The van der Waals surface area contributed by atoms with Crippen LogP contribution in [0.15, 0.2) is 18.3 Å². The van der Waals surface area contributed by atoms with Gasteiger partial charge in [0.05, 0.1) is 11.9 Å². The molecule has 1 aliphatic rings. The lowest BCUT2D eigenvalue weighted by Gasteiger charge is -2.38. The molecule has 0 N–H and O–H groups in total. The monoisotopic (exact) mass is 215 g/mol. The van der Waals surface area contributed by atoms with Crippen molar-refractivity contribution >= 4 is 5.69 Å². The minimum atomic E-state index is 0.487. The Morgan fingerprint density at radius 2 is 2.19 bits per heavy atom. The Bertz CT molecular complexity index is 391. The minimum absolute atomic E-state index is 0.487. The van der Waals surface area contributed by atoms with E-state index in [1.165, 1.54) is 12.8 Å². The summed E-state index contributed by atoms with van der Waals surface area (Å²) in [6.45, 7) is 5.63. The summed E-state index contributed by atoms with van der Waals surface area (Å²) >= 11 is 0. The second-order valence-electron chi connectivity index (χ2n) is 4.70. The van der Waals surface area contributed by atoms with Crippen LogP contribution >= 0.6 is 0 Å². The van der Waals surface area contributed by atoms with E-state index in [0.717, 1.165) is 18.2 Å². The van der Waals surface area contributed by atoms with Crippen LogP contribution in [0, 0.1) is 17.2 Å². The zero-order valence-electron chi connectivity index (χ0n) is 9.85. The van der Waals surface area contributed by atoms with Crippen LogP contribution in [0.4, 0.5) is 5.69 Å². The van der Waals surface area contributed by atoms with E-state index in [4.69, 9.17) is 5.26 Å². The fraction of sp³-hybridized carbons (Fsp3) is 0.538. The van der Waals surface area contributed by atoms with Gasteiger partial charge >= 0.3 is 0 Å². The quantitative estimate of drug-likeness (QED) is 0.723. The lowest BCUT2D eigenvalue weighted by molar-refractivity contribution is 0.390. The Hall–Kier alpha value is -1.56. The third-order valence-corrected chi connectivity index (χ3v) is 3.31. The number of piperidine rings is 1. The SMILES string of the molecule is CC1CCC(C)N(c2ccc(C#N)nc2)C1. The van der Waals surface area contributed by atoms with Crippen LogP contribution in [-0.4, -0.2) is 17.6 Å². The fourth-order valence-electron chi connectivity index (χ4n) is 2.27. The van der Waals surface area contributed by atoms with Crippen LogP contribution < -0.4 is 4.90 Å². The molecule has 3 nitrogen and oxygen atoms in total. The number of rotatable bonds is 1. The first kappa shape index (κ1) is 10.9. The summed E-state index contributed by atoms with van der Waals surface area (Å²) in [7, 11) is 0. The van der Waals surface area contributed by atoms with Gasteiger partial charge in [-0.05, 0) is 37.8 Å². The number of aromatic nitrogens is 1. The average molecular weight is 215 g/mol. The maximum Gasteiger partial charge on any atom is 0.140 e. The second-order valence-corrected chi connectivity index (χ2v) is 4.70. The van der Waals surface area contributed by atoms with Crippen LogP contribution in [0.1, 0.15) is 32.4 Å². The number of nitriles is 1. The number of nitrogens with zero attached hydrogens (tertiary/aromatic N) is 3. The number of hydrogen-bond acceptors (Lipinski definition) is 3. The number of hydrogen-bond donors (Lipinski definition) is 0. The predicted octanol–water partition coefficient (Wildman–Crippen LogP) is 2.58. The van der Waals surface area contributed by atoms with Crippen molar-refractivity contribution < 1.29 is 0 Å². The molecule has 16 heavy (non-hydrogen) atoms. The first-order chi connectivity index (χ1) is 7.70. The smallest absolute Gasteiger partial charge is 0.140 e.